The van der Waals surface area contributed by atoms with E-state index in [0.29, 0.717) is 0 Å². The molecular weight excluding hydrogens is 807 g/mol. The summed E-state index contributed by atoms with van der Waals surface area (Å²) in [6.07, 6.45) is 0. The minimum Gasteiger partial charge on any atom is -0.309 e. The van der Waals surface area contributed by atoms with Gasteiger partial charge in [-0.25, -0.2) is 0 Å². The Kier molecular flexibility index (Phi) is 10.2. The molecule has 0 spiro atoms. The predicted molar refractivity (Wildman–Crippen MR) is 287 cm³/mol. The van der Waals surface area contributed by atoms with Crippen molar-refractivity contribution in [2.45, 2.75) is 64.7 Å². The first-order valence-electron chi connectivity index (χ1n) is 23.8. The van der Waals surface area contributed by atoms with Gasteiger partial charge in [0.1, 0.15) is 0 Å². The maximum absolute atomic E-state index is 2.48. The molecule has 0 radical (unpaired) electrons. The molecule has 326 valence electrons. The van der Waals surface area contributed by atoms with E-state index in [9.17, 15) is 0 Å². The number of fused-ring (bicyclic) bond motifs is 5. The summed E-state index contributed by atoms with van der Waals surface area (Å²) in [6, 6.07) is 81.6. The lowest BCUT2D eigenvalue weighted by Gasteiger charge is -2.30. The van der Waals surface area contributed by atoms with Gasteiger partial charge in [0.2, 0.25) is 0 Å². The Hall–Kier alpha value is -7.48. The molecule has 11 rings (SSSR count). The highest BCUT2D eigenvalue weighted by Gasteiger charge is 2.40. The van der Waals surface area contributed by atoms with Gasteiger partial charge in [0.15, 0.2) is 0 Å². The van der Waals surface area contributed by atoms with Gasteiger partial charge in [-0.15, -0.1) is 0 Å². The third kappa shape index (κ3) is 7.26. The molecule has 1 nitrogen and oxygen atoms in total. The van der Waals surface area contributed by atoms with Crippen LogP contribution in [-0.2, 0) is 16.2 Å². The zero-order valence-corrected chi connectivity index (χ0v) is 39.7. The van der Waals surface area contributed by atoms with Crippen LogP contribution in [-0.4, -0.2) is 0 Å². The Morgan fingerprint density at radius 3 is 1.63 bits per heavy atom. The van der Waals surface area contributed by atoms with E-state index < -0.39 is 0 Å². The van der Waals surface area contributed by atoms with Crippen LogP contribution in [0.2, 0.25) is 0 Å². The summed E-state index contributed by atoms with van der Waals surface area (Å²) in [6.45, 7) is 16.3. The van der Waals surface area contributed by atoms with Gasteiger partial charge < -0.3 is 4.90 Å². The van der Waals surface area contributed by atoms with Crippen molar-refractivity contribution in [3.63, 3.8) is 0 Å². The Morgan fingerprint density at radius 2 is 0.896 bits per heavy atom. The first kappa shape index (κ1) is 42.2. The molecule has 0 aliphatic heterocycles. The van der Waals surface area contributed by atoms with Gasteiger partial charge in [-0.3, -0.25) is 0 Å². The molecular formula is C66H57N. The molecule has 1 aliphatic rings. The van der Waals surface area contributed by atoms with Crippen molar-refractivity contribution in [3.8, 4) is 44.5 Å². The predicted octanol–water partition coefficient (Wildman–Crippen LogP) is 18.4. The van der Waals surface area contributed by atoms with Crippen molar-refractivity contribution in [1.29, 1.82) is 0 Å². The third-order valence-corrected chi connectivity index (χ3v) is 14.4. The van der Waals surface area contributed by atoms with Crippen molar-refractivity contribution in [2.24, 2.45) is 0 Å². The normalized spacial score (nSPS) is 14.6. The monoisotopic (exact) mass is 863 g/mol. The summed E-state index contributed by atoms with van der Waals surface area (Å²) >= 11 is 0. The lowest BCUT2D eigenvalue weighted by molar-refractivity contribution is 0.569. The molecule has 0 aromatic heterocycles. The molecule has 1 atom stereocenters. The number of para-hydroxylation sites is 1. The van der Waals surface area contributed by atoms with Crippen molar-refractivity contribution >= 4 is 38.6 Å². The summed E-state index contributed by atoms with van der Waals surface area (Å²) in [5, 5.41) is 4.90. The van der Waals surface area contributed by atoms with Crippen LogP contribution >= 0.6 is 0 Å². The van der Waals surface area contributed by atoms with Gasteiger partial charge in [-0.05, 0) is 131 Å². The second-order valence-electron chi connectivity index (χ2n) is 20.7. The molecule has 1 unspecified atom stereocenters. The van der Waals surface area contributed by atoms with E-state index in [4.69, 9.17) is 0 Å². The van der Waals surface area contributed by atoms with E-state index in [2.05, 4.69) is 272 Å². The van der Waals surface area contributed by atoms with Crippen LogP contribution < -0.4 is 4.90 Å². The number of hydrogen-bond donors (Lipinski definition) is 0. The quantitative estimate of drug-likeness (QED) is 0.154. The zero-order chi connectivity index (χ0) is 46.1. The topological polar surface area (TPSA) is 3.24 Å². The van der Waals surface area contributed by atoms with E-state index in [1.165, 1.54) is 93.9 Å². The molecule has 0 saturated carbocycles. The molecule has 1 heteroatoms. The molecule has 0 heterocycles. The van der Waals surface area contributed by atoms with E-state index in [-0.39, 0.29) is 16.2 Å². The zero-order valence-electron chi connectivity index (χ0n) is 39.7. The summed E-state index contributed by atoms with van der Waals surface area (Å²) in [5.41, 5.74) is 19.8. The largest absolute Gasteiger partial charge is 0.309 e. The molecule has 0 saturated heterocycles. The molecule has 67 heavy (non-hydrogen) atoms. The van der Waals surface area contributed by atoms with Gasteiger partial charge in [0, 0.05) is 22.1 Å². The SMILES string of the molecule is CC(C)(C)c1cc(-c2cccc3cccc(-c4ccccc4N(c4ccc(-c5ccc6c(c5)C(C)(c5ccccc5)c5ccccc5-6)cc4)c4cccc5ccccc45)c23)cc(C(C)(C)C)c1. The van der Waals surface area contributed by atoms with Crippen molar-refractivity contribution in [3.05, 3.63) is 246 Å². The van der Waals surface area contributed by atoms with Crippen LogP contribution in [0.1, 0.15) is 76.3 Å². The van der Waals surface area contributed by atoms with Crippen LogP contribution in [0, 0.1) is 0 Å². The summed E-state index contributed by atoms with van der Waals surface area (Å²) in [7, 11) is 0. The fraction of sp³-hybridized carbons (Fsp3) is 0.152. The number of benzene rings is 10. The van der Waals surface area contributed by atoms with Crippen LogP contribution in [0.4, 0.5) is 17.1 Å². The maximum Gasteiger partial charge on any atom is 0.0540 e. The van der Waals surface area contributed by atoms with Crippen molar-refractivity contribution in [2.75, 3.05) is 4.90 Å². The Morgan fingerprint density at radius 1 is 0.358 bits per heavy atom. The van der Waals surface area contributed by atoms with Crippen LogP contribution in [0.5, 0.6) is 0 Å². The first-order valence-corrected chi connectivity index (χ1v) is 23.8. The number of rotatable bonds is 7. The molecule has 0 bridgehead atoms. The molecule has 10 aromatic carbocycles. The van der Waals surface area contributed by atoms with Crippen LogP contribution in [0.25, 0.3) is 66.1 Å². The fourth-order valence-corrected chi connectivity index (χ4v) is 10.7. The Labute approximate surface area is 397 Å². The lowest BCUT2D eigenvalue weighted by Crippen LogP contribution is -2.22. The second kappa shape index (κ2) is 16.1. The Balaban J connectivity index is 1.08. The van der Waals surface area contributed by atoms with Crippen molar-refractivity contribution < 1.29 is 0 Å². The summed E-state index contributed by atoms with van der Waals surface area (Å²) in [5.74, 6) is 0. The smallest absolute Gasteiger partial charge is 0.0540 e. The molecule has 0 amide bonds. The summed E-state index contributed by atoms with van der Waals surface area (Å²) in [4.78, 5) is 2.48. The van der Waals surface area contributed by atoms with Gasteiger partial charge in [-0.1, -0.05) is 230 Å². The number of nitrogens with zero attached hydrogens (tertiary/aromatic N) is 1. The molecule has 0 N–H and O–H groups in total. The van der Waals surface area contributed by atoms with Crippen LogP contribution in [0.3, 0.4) is 0 Å². The van der Waals surface area contributed by atoms with Crippen molar-refractivity contribution in [1.82, 2.24) is 0 Å². The van der Waals surface area contributed by atoms with E-state index in [1.807, 2.05) is 0 Å². The molecule has 1 aliphatic carbocycles. The standard InChI is InChI=1S/C66H57N/c1-64(2,3)50-40-48(41-51(43-50)65(4,5)6)54-29-17-22-46-23-18-30-58(63(46)54)57-28-14-16-32-62(57)67(61-33-19-21-45-20-11-12-26-53(45)61)52-37-34-44(35-38-52)47-36-39-56-55-27-13-15-31-59(55)66(7,60(56)42-47)49-24-9-8-10-25-49/h8-43H,1-7H3. The highest BCUT2D eigenvalue weighted by atomic mass is 15.1. The minimum atomic E-state index is -0.260. The third-order valence-electron chi connectivity index (χ3n) is 14.4. The minimum absolute atomic E-state index is 0.000319. The highest BCUT2D eigenvalue weighted by molar-refractivity contribution is 6.10. The van der Waals surface area contributed by atoms with E-state index in [0.717, 1.165) is 17.1 Å². The molecule has 10 aromatic rings. The first-order chi connectivity index (χ1) is 32.4. The Bertz CT molecular complexity index is 3450. The van der Waals surface area contributed by atoms with E-state index >= 15 is 0 Å². The van der Waals surface area contributed by atoms with Gasteiger partial charge in [0.25, 0.3) is 0 Å². The van der Waals surface area contributed by atoms with E-state index in [1.54, 1.807) is 0 Å². The number of anilines is 3. The van der Waals surface area contributed by atoms with Crippen LogP contribution in [0.15, 0.2) is 218 Å². The number of hydrogen-bond acceptors (Lipinski definition) is 1. The fourth-order valence-electron chi connectivity index (χ4n) is 10.7. The highest BCUT2D eigenvalue weighted by Crippen LogP contribution is 2.53. The van der Waals surface area contributed by atoms with Gasteiger partial charge in [0.05, 0.1) is 11.4 Å². The second-order valence-corrected chi connectivity index (χ2v) is 20.7. The lowest BCUT2D eigenvalue weighted by atomic mass is 9.74. The average molecular weight is 864 g/mol. The van der Waals surface area contributed by atoms with Gasteiger partial charge in [-0.2, -0.15) is 0 Å². The van der Waals surface area contributed by atoms with Gasteiger partial charge >= 0.3 is 0 Å². The maximum atomic E-state index is 2.48. The molecule has 0 fully saturated rings. The average Bonchev–Trinajstić information content (AvgIpc) is 3.61. The summed E-state index contributed by atoms with van der Waals surface area (Å²) < 4.78 is 0.